The largest absolute Gasteiger partial charge is 0.352 e. The summed E-state index contributed by atoms with van der Waals surface area (Å²) < 4.78 is 24.7. The van der Waals surface area contributed by atoms with Gasteiger partial charge in [0.1, 0.15) is 0 Å². The molecule has 20 heavy (non-hydrogen) atoms. The maximum Gasteiger partial charge on any atom is 0.251 e. The smallest absolute Gasteiger partial charge is 0.251 e. The Hall–Kier alpha value is -1.56. The van der Waals surface area contributed by atoms with Crippen LogP contribution >= 0.6 is 0 Å². The highest BCUT2D eigenvalue weighted by atomic mass is 32.2. The van der Waals surface area contributed by atoms with Crippen LogP contribution in [0.3, 0.4) is 0 Å². The molecule has 0 heterocycles. The summed E-state index contributed by atoms with van der Waals surface area (Å²) in [6.07, 6.45) is 0. The third-order valence-corrected chi connectivity index (χ3v) is 4.72. The van der Waals surface area contributed by atoms with E-state index in [0.29, 0.717) is 23.7 Å². The van der Waals surface area contributed by atoms with Gasteiger partial charge in [0, 0.05) is 19.2 Å². The Morgan fingerprint density at radius 3 is 2.25 bits per heavy atom. The van der Waals surface area contributed by atoms with Gasteiger partial charge in [-0.3, -0.25) is 9.10 Å². The number of amides is 1. The van der Waals surface area contributed by atoms with Crippen LogP contribution in [0, 0.1) is 5.92 Å². The predicted octanol–water partition coefficient (Wildman–Crippen LogP) is 1.86. The summed E-state index contributed by atoms with van der Waals surface area (Å²) in [5.41, 5.74) is 1.07. The van der Waals surface area contributed by atoms with Crippen molar-refractivity contribution < 1.29 is 13.2 Å². The fraction of sp³-hybridized carbons (Fsp3) is 0.500. The maximum atomic E-state index is 11.8. The Labute approximate surface area is 121 Å². The number of nitrogens with zero attached hydrogens (tertiary/aromatic N) is 1. The second-order valence-electron chi connectivity index (χ2n) is 5.02. The SMILES string of the molecule is CCS(=O)(=O)N(C)c1ccc(C(=O)NCC(C)C)cc1. The van der Waals surface area contributed by atoms with Crippen LogP contribution in [0.4, 0.5) is 5.69 Å². The minimum Gasteiger partial charge on any atom is -0.352 e. The molecule has 5 nitrogen and oxygen atoms in total. The zero-order valence-corrected chi connectivity index (χ0v) is 13.2. The molecule has 1 rings (SSSR count). The highest BCUT2D eigenvalue weighted by Gasteiger charge is 2.16. The van der Waals surface area contributed by atoms with Gasteiger partial charge in [-0.1, -0.05) is 13.8 Å². The maximum absolute atomic E-state index is 11.8. The van der Waals surface area contributed by atoms with Gasteiger partial charge in [0.25, 0.3) is 5.91 Å². The molecule has 6 heteroatoms. The fourth-order valence-corrected chi connectivity index (χ4v) is 2.41. The molecular weight excluding hydrogens is 276 g/mol. The number of carbonyl (C=O) groups is 1. The highest BCUT2D eigenvalue weighted by Crippen LogP contribution is 2.17. The van der Waals surface area contributed by atoms with Gasteiger partial charge in [-0.05, 0) is 37.1 Å². The van der Waals surface area contributed by atoms with Gasteiger partial charge in [-0.15, -0.1) is 0 Å². The van der Waals surface area contributed by atoms with Crippen molar-refractivity contribution in [3.8, 4) is 0 Å². The second-order valence-corrected chi connectivity index (χ2v) is 7.31. The van der Waals surface area contributed by atoms with E-state index >= 15 is 0 Å². The van der Waals surface area contributed by atoms with Gasteiger partial charge in [0.2, 0.25) is 10.0 Å². The summed E-state index contributed by atoms with van der Waals surface area (Å²) in [5.74, 6) is 0.283. The molecule has 112 valence electrons. The number of hydrogen-bond acceptors (Lipinski definition) is 3. The number of rotatable bonds is 6. The van der Waals surface area contributed by atoms with Crippen LogP contribution in [-0.4, -0.2) is 33.7 Å². The number of anilines is 1. The molecule has 0 spiro atoms. The fourth-order valence-electron chi connectivity index (χ4n) is 1.58. The van der Waals surface area contributed by atoms with Gasteiger partial charge in [-0.25, -0.2) is 8.42 Å². The van der Waals surface area contributed by atoms with E-state index in [2.05, 4.69) is 5.32 Å². The molecule has 0 aliphatic rings. The molecule has 0 fully saturated rings. The standard InChI is InChI=1S/C14H22N2O3S/c1-5-20(18,19)16(4)13-8-6-12(7-9-13)14(17)15-10-11(2)3/h6-9,11H,5,10H2,1-4H3,(H,15,17). The quantitative estimate of drug-likeness (QED) is 0.871. The third kappa shape index (κ3) is 4.23. The average Bonchev–Trinajstić information content (AvgIpc) is 2.44. The van der Waals surface area contributed by atoms with E-state index in [1.54, 1.807) is 31.2 Å². The van der Waals surface area contributed by atoms with Crippen molar-refractivity contribution in [2.75, 3.05) is 23.7 Å². The summed E-state index contributed by atoms with van der Waals surface area (Å²) in [6, 6.07) is 6.54. The zero-order valence-electron chi connectivity index (χ0n) is 12.4. The van der Waals surface area contributed by atoms with E-state index in [4.69, 9.17) is 0 Å². The van der Waals surface area contributed by atoms with Crippen molar-refractivity contribution in [1.82, 2.24) is 5.32 Å². The minimum absolute atomic E-state index is 0.0418. The summed E-state index contributed by atoms with van der Waals surface area (Å²) in [4.78, 5) is 11.8. The molecule has 1 aromatic carbocycles. The van der Waals surface area contributed by atoms with E-state index in [9.17, 15) is 13.2 Å². The topological polar surface area (TPSA) is 66.5 Å². The molecular formula is C14H22N2O3S. The zero-order chi connectivity index (χ0) is 15.3. The van der Waals surface area contributed by atoms with Crippen molar-refractivity contribution in [1.29, 1.82) is 0 Å². The molecule has 0 aromatic heterocycles. The number of hydrogen-bond donors (Lipinski definition) is 1. The average molecular weight is 298 g/mol. The molecule has 0 saturated carbocycles. The molecule has 0 saturated heterocycles. The van der Waals surface area contributed by atoms with Gasteiger partial charge < -0.3 is 5.32 Å². The van der Waals surface area contributed by atoms with E-state index in [1.807, 2.05) is 13.8 Å². The molecule has 0 radical (unpaired) electrons. The van der Waals surface area contributed by atoms with Gasteiger partial charge >= 0.3 is 0 Å². The van der Waals surface area contributed by atoms with Gasteiger partial charge in [-0.2, -0.15) is 0 Å². The van der Waals surface area contributed by atoms with E-state index in [0.717, 1.165) is 0 Å². The van der Waals surface area contributed by atoms with Crippen LogP contribution in [0.2, 0.25) is 0 Å². The molecule has 0 aliphatic heterocycles. The Kier molecular flexibility index (Phi) is 5.56. The Morgan fingerprint density at radius 2 is 1.80 bits per heavy atom. The van der Waals surface area contributed by atoms with Crippen LogP contribution in [0.25, 0.3) is 0 Å². The lowest BCUT2D eigenvalue weighted by Gasteiger charge is -2.18. The summed E-state index contributed by atoms with van der Waals surface area (Å²) in [7, 11) is -1.77. The second kappa shape index (κ2) is 6.74. The first-order chi connectivity index (χ1) is 9.27. The normalized spacial score (nSPS) is 11.4. The van der Waals surface area contributed by atoms with Crippen LogP contribution in [-0.2, 0) is 10.0 Å². The number of nitrogens with one attached hydrogen (secondary N) is 1. The van der Waals surface area contributed by atoms with Crippen molar-refractivity contribution in [3.05, 3.63) is 29.8 Å². The lowest BCUT2D eigenvalue weighted by atomic mass is 10.1. The monoisotopic (exact) mass is 298 g/mol. The Balaban J connectivity index is 2.81. The lowest BCUT2D eigenvalue weighted by molar-refractivity contribution is 0.0949. The van der Waals surface area contributed by atoms with Crippen LogP contribution in [0.15, 0.2) is 24.3 Å². The highest BCUT2D eigenvalue weighted by molar-refractivity contribution is 7.92. The molecule has 0 unspecified atom stereocenters. The first kappa shape index (κ1) is 16.5. The minimum atomic E-state index is -3.27. The number of benzene rings is 1. The molecule has 0 aliphatic carbocycles. The number of sulfonamides is 1. The Bertz CT molecular complexity index is 550. The van der Waals surface area contributed by atoms with Gasteiger partial charge in [0.05, 0.1) is 11.4 Å². The van der Waals surface area contributed by atoms with E-state index in [1.165, 1.54) is 11.4 Å². The van der Waals surface area contributed by atoms with Crippen molar-refractivity contribution in [2.24, 2.45) is 5.92 Å². The number of carbonyl (C=O) groups excluding carboxylic acids is 1. The van der Waals surface area contributed by atoms with Crippen molar-refractivity contribution >= 4 is 21.6 Å². The van der Waals surface area contributed by atoms with Gasteiger partial charge in [0.15, 0.2) is 0 Å². The van der Waals surface area contributed by atoms with E-state index < -0.39 is 10.0 Å². The lowest BCUT2D eigenvalue weighted by Crippen LogP contribution is -2.29. The van der Waals surface area contributed by atoms with Crippen molar-refractivity contribution in [3.63, 3.8) is 0 Å². The predicted molar refractivity (Wildman–Crippen MR) is 81.5 cm³/mol. The molecule has 0 bridgehead atoms. The van der Waals surface area contributed by atoms with E-state index in [-0.39, 0.29) is 11.7 Å². The molecule has 1 amide bonds. The first-order valence-electron chi connectivity index (χ1n) is 6.62. The summed E-state index contributed by atoms with van der Waals surface area (Å²) in [6.45, 7) is 6.26. The third-order valence-electron chi connectivity index (χ3n) is 2.95. The van der Waals surface area contributed by atoms with Crippen molar-refractivity contribution in [2.45, 2.75) is 20.8 Å². The van der Waals surface area contributed by atoms with Crippen LogP contribution in [0.5, 0.6) is 0 Å². The molecule has 1 N–H and O–H groups in total. The molecule has 1 aromatic rings. The van der Waals surface area contributed by atoms with Crippen LogP contribution < -0.4 is 9.62 Å². The summed E-state index contributed by atoms with van der Waals surface area (Å²) in [5, 5.41) is 2.82. The Morgan fingerprint density at radius 1 is 1.25 bits per heavy atom. The van der Waals surface area contributed by atoms with Crippen LogP contribution in [0.1, 0.15) is 31.1 Å². The molecule has 0 atom stereocenters. The summed E-state index contributed by atoms with van der Waals surface area (Å²) >= 11 is 0. The first-order valence-corrected chi connectivity index (χ1v) is 8.23.